The molecule has 0 bridgehead atoms. The van der Waals surface area contributed by atoms with Gasteiger partial charge in [0.05, 0.1) is 24.0 Å². The molecule has 14 nitrogen and oxygen atoms in total. The molecule has 0 heterocycles. The van der Waals surface area contributed by atoms with Crippen LogP contribution in [0.4, 0.5) is 19.2 Å². The number of fused-ring (bicyclic) bond motifs is 4. The fourth-order valence-electron chi connectivity index (χ4n) is 5.92. The number of carbonyl (C=O) groups is 4. The molecule has 0 fully saturated rings. The van der Waals surface area contributed by atoms with Gasteiger partial charge in [0, 0.05) is 31.6 Å². The Morgan fingerprint density at radius 1 is 0.448 bits per heavy atom. The van der Waals surface area contributed by atoms with E-state index in [1.54, 1.807) is 77.9 Å². The van der Waals surface area contributed by atoms with Gasteiger partial charge >= 0.3 is 24.6 Å². The van der Waals surface area contributed by atoms with Gasteiger partial charge in [0.25, 0.3) is 0 Å². The molecule has 0 saturated carbocycles. The lowest BCUT2D eigenvalue weighted by atomic mass is 9.90. The number of ether oxygens (including phenoxy) is 10. The topological polar surface area (TPSA) is 161 Å². The summed E-state index contributed by atoms with van der Waals surface area (Å²) in [6, 6.07) is 9.74. The normalized spacial score (nSPS) is 10.9. The minimum absolute atomic E-state index is 0.0701. The SMILES string of the molecule is C=C(C)COC(=O)Oc1c2c(c(OC(=O)OCC(=C)C)c3c(OCC)cccc13)=c1c(OC(=O)OCC(=C)C)c3c(OCC)cccc3c(OC(=O)OCC(=C)C)c1=2. The molecule has 4 aromatic rings. The lowest BCUT2D eigenvalue weighted by molar-refractivity contribution is 0.104. The quantitative estimate of drug-likeness (QED) is 0.0401. The highest BCUT2D eigenvalue weighted by molar-refractivity contribution is 6.04. The van der Waals surface area contributed by atoms with Gasteiger partial charge in [-0.3, -0.25) is 0 Å². The molecule has 1 aliphatic rings. The Morgan fingerprint density at radius 2 is 0.724 bits per heavy atom. The van der Waals surface area contributed by atoms with Crippen LogP contribution in [-0.4, -0.2) is 64.3 Å². The summed E-state index contributed by atoms with van der Waals surface area (Å²) in [5.74, 6) is -0.0502. The molecule has 0 N–H and O–H groups in total. The summed E-state index contributed by atoms with van der Waals surface area (Å²) in [4.78, 5) is 53.8. The second-order valence-corrected chi connectivity index (χ2v) is 13.4. The standard InChI is InChI=1S/C44H44O14/c1-11-49-29-17-13-15-27-31(29)39(57-43(47)53-21-25(7)8)35-33(37(27)55-41(45)51-19-23(3)4)34-36(35)40(58-44(48)54-22-26(9)10)32-28(16-14-18-30(32)50-12-2)38(34)56-42(46)52-20-24(5)6/h13-18H,3,5,7,9,11-12,19-22H2,1-2,4,6,8,10H3. The number of hydrogen-bond acceptors (Lipinski definition) is 14. The molecule has 0 unspecified atom stereocenters. The Bertz CT molecular complexity index is 2410. The monoisotopic (exact) mass is 796 g/mol. The highest BCUT2D eigenvalue weighted by Gasteiger charge is 2.33. The van der Waals surface area contributed by atoms with E-state index in [2.05, 4.69) is 26.3 Å². The minimum atomic E-state index is -1.13. The van der Waals surface area contributed by atoms with Crippen LogP contribution in [0.5, 0.6) is 34.5 Å². The molecule has 0 spiro atoms. The maximum Gasteiger partial charge on any atom is 0.514 e. The van der Waals surface area contributed by atoms with Gasteiger partial charge in [0.2, 0.25) is 0 Å². The average Bonchev–Trinajstić information content (AvgIpc) is 3.15. The summed E-state index contributed by atoms with van der Waals surface area (Å²) in [5, 5.41) is 1.10. The van der Waals surface area contributed by atoms with Crippen molar-refractivity contribution in [2.24, 2.45) is 0 Å². The van der Waals surface area contributed by atoms with Crippen molar-refractivity contribution in [1.29, 1.82) is 0 Å². The molecule has 1 aliphatic carbocycles. The van der Waals surface area contributed by atoms with Crippen LogP contribution in [-0.2, 0) is 18.9 Å². The van der Waals surface area contributed by atoms with Gasteiger partial charge in [0.15, 0.2) is 23.0 Å². The summed E-state index contributed by atoms with van der Waals surface area (Å²) >= 11 is 0. The van der Waals surface area contributed by atoms with Crippen LogP contribution < -0.4 is 28.4 Å². The summed E-state index contributed by atoms with van der Waals surface area (Å²) in [5.41, 5.74) is 2.14. The third-order valence-corrected chi connectivity index (χ3v) is 7.99. The van der Waals surface area contributed by atoms with Crippen molar-refractivity contribution in [3.05, 3.63) is 106 Å². The van der Waals surface area contributed by atoms with Gasteiger partial charge in [-0.1, -0.05) is 50.6 Å². The molecular formula is C44H44O14. The Kier molecular flexibility index (Phi) is 13.3. The summed E-state index contributed by atoms with van der Waals surface area (Å²) < 4.78 is 57.5. The van der Waals surface area contributed by atoms with Crippen molar-refractivity contribution in [3.63, 3.8) is 0 Å². The second kappa shape index (κ2) is 18.3. The van der Waals surface area contributed by atoms with E-state index in [0.29, 0.717) is 22.3 Å². The lowest BCUT2D eigenvalue weighted by Gasteiger charge is -2.23. The maximum atomic E-state index is 13.5. The first-order valence-corrected chi connectivity index (χ1v) is 18.1. The Balaban J connectivity index is 2.06. The molecule has 4 aromatic carbocycles. The summed E-state index contributed by atoms with van der Waals surface area (Å²) in [6.07, 6.45) is -4.47. The smallest absolute Gasteiger partial charge is 0.493 e. The van der Waals surface area contributed by atoms with Crippen LogP contribution in [0.3, 0.4) is 0 Å². The number of hydrogen-bond donors (Lipinski definition) is 0. The highest BCUT2D eigenvalue weighted by atomic mass is 16.7. The van der Waals surface area contributed by atoms with Crippen molar-refractivity contribution in [3.8, 4) is 34.5 Å². The molecule has 0 aromatic heterocycles. The van der Waals surface area contributed by atoms with Crippen LogP contribution in [0, 0.1) is 20.9 Å². The lowest BCUT2D eigenvalue weighted by Crippen LogP contribution is -2.18. The zero-order chi connectivity index (χ0) is 42.3. The predicted molar refractivity (Wildman–Crippen MR) is 213 cm³/mol. The van der Waals surface area contributed by atoms with Gasteiger partial charge in [-0.2, -0.15) is 0 Å². The predicted octanol–water partition coefficient (Wildman–Crippen LogP) is 10.0. The van der Waals surface area contributed by atoms with Crippen LogP contribution in [0.15, 0.2) is 85.0 Å². The third-order valence-electron chi connectivity index (χ3n) is 7.99. The molecule has 14 heteroatoms. The van der Waals surface area contributed by atoms with E-state index in [1.807, 2.05) is 0 Å². The fourth-order valence-corrected chi connectivity index (χ4v) is 5.92. The molecular weight excluding hydrogens is 752 g/mol. The zero-order valence-electron chi connectivity index (χ0n) is 33.3. The second-order valence-electron chi connectivity index (χ2n) is 13.4. The molecule has 0 radical (unpaired) electrons. The van der Waals surface area contributed by atoms with E-state index < -0.39 is 24.6 Å². The van der Waals surface area contributed by atoms with Crippen LogP contribution in [0.25, 0.3) is 21.5 Å². The molecule has 58 heavy (non-hydrogen) atoms. The van der Waals surface area contributed by atoms with Crippen molar-refractivity contribution >= 4 is 46.2 Å². The summed E-state index contributed by atoms with van der Waals surface area (Å²) in [6.45, 7) is 25.0. The number of benzene rings is 4. The molecule has 0 aliphatic heterocycles. The number of carbonyl (C=O) groups excluding carboxylic acids is 4. The van der Waals surface area contributed by atoms with Gasteiger partial charge in [0.1, 0.15) is 37.9 Å². The van der Waals surface area contributed by atoms with E-state index >= 15 is 0 Å². The van der Waals surface area contributed by atoms with Crippen molar-refractivity contribution in [1.82, 2.24) is 0 Å². The van der Waals surface area contributed by atoms with Crippen LogP contribution in [0.2, 0.25) is 0 Å². The Hall–Kier alpha value is -6.96. The molecule has 5 rings (SSSR count). The van der Waals surface area contributed by atoms with Gasteiger partial charge < -0.3 is 47.4 Å². The van der Waals surface area contributed by atoms with Gasteiger partial charge in [-0.25, -0.2) is 19.2 Å². The fraction of sp³-hybridized carbons (Fsp3) is 0.273. The van der Waals surface area contributed by atoms with Crippen molar-refractivity contribution in [2.45, 2.75) is 41.5 Å². The van der Waals surface area contributed by atoms with E-state index in [9.17, 15) is 19.2 Å². The highest BCUT2D eigenvalue weighted by Crippen LogP contribution is 2.50. The van der Waals surface area contributed by atoms with Crippen LogP contribution >= 0.6 is 0 Å². The first-order valence-electron chi connectivity index (χ1n) is 18.1. The first-order chi connectivity index (χ1) is 27.7. The first kappa shape index (κ1) is 42.2. The Morgan fingerprint density at radius 3 is 1.00 bits per heavy atom. The van der Waals surface area contributed by atoms with Crippen molar-refractivity contribution in [2.75, 3.05) is 39.6 Å². The van der Waals surface area contributed by atoms with E-state index in [0.717, 1.165) is 0 Å². The van der Waals surface area contributed by atoms with E-state index in [-0.39, 0.29) is 117 Å². The molecule has 0 amide bonds. The van der Waals surface area contributed by atoms with Gasteiger partial charge in [-0.05, 0) is 76.0 Å². The van der Waals surface area contributed by atoms with Crippen molar-refractivity contribution < 1.29 is 66.5 Å². The molecule has 0 atom stereocenters. The largest absolute Gasteiger partial charge is 0.514 e. The molecule has 304 valence electrons. The Labute approximate surface area is 333 Å². The number of rotatable bonds is 16. The van der Waals surface area contributed by atoms with E-state index in [4.69, 9.17) is 47.4 Å². The zero-order valence-corrected chi connectivity index (χ0v) is 33.3. The molecule has 0 saturated heterocycles. The van der Waals surface area contributed by atoms with Crippen LogP contribution in [0.1, 0.15) is 41.5 Å². The maximum absolute atomic E-state index is 13.5. The summed E-state index contributed by atoms with van der Waals surface area (Å²) in [7, 11) is 0. The van der Waals surface area contributed by atoms with E-state index in [1.165, 1.54) is 0 Å². The minimum Gasteiger partial charge on any atom is -0.493 e. The van der Waals surface area contributed by atoms with Gasteiger partial charge in [-0.15, -0.1) is 0 Å². The third kappa shape index (κ3) is 9.18. The average molecular weight is 797 g/mol.